The fraction of sp³-hybridized carbons (Fsp3) is 0.500. The van der Waals surface area contributed by atoms with E-state index in [0.717, 1.165) is 49.9 Å². The molecule has 0 radical (unpaired) electrons. The highest BCUT2D eigenvalue weighted by atomic mass is 16.3. The summed E-state index contributed by atoms with van der Waals surface area (Å²) in [5.74, 6) is 1.03. The maximum atomic E-state index is 9.57. The molecule has 0 saturated carbocycles. The van der Waals surface area contributed by atoms with Crippen LogP contribution in [0.25, 0.3) is 12.2 Å². The number of allylic oxidation sites excluding steroid dienone is 2. The number of aromatic amines is 1. The Labute approximate surface area is 106 Å². The molecule has 3 rings (SSSR count). The zero-order chi connectivity index (χ0) is 12.4. The van der Waals surface area contributed by atoms with Crippen LogP contribution in [0, 0.1) is 0 Å². The van der Waals surface area contributed by atoms with E-state index in [1.807, 2.05) is 0 Å². The van der Waals surface area contributed by atoms with Crippen molar-refractivity contribution in [1.29, 1.82) is 0 Å². The lowest BCUT2D eigenvalue weighted by Crippen LogP contribution is -2.39. The maximum absolute atomic E-state index is 9.57. The summed E-state index contributed by atoms with van der Waals surface area (Å²) in [6, 6.07) is 0. The Morgan fingerprint density at radius 1 is 1.28 bits per heavy atom. The lowest BCUT2D eigenvalue weighted by Gasteiger charge is -2.29. The van der Waals surface area contributed by atoms with E-state index in [4.69, 9.17) is 0 Å². The minimum absolute atomic E-state index is 0.141. The Balaban J connectivity index is 1.97. The Kier molecular flexibility index (Phi) is 3.19. The number of piperidine rings is 1. The van der Waals surface area contributed by atoms with E-state index in [0.29, 0.717) is 0 Å². The Hall–Kier alpha value is -1.55. The molecule has 1 aliphatic carbocycles. The van der Waals surface area contributed by atoms with Crippen LogP contribution in [0.15, 0.2) is 12.2 Å². The number of rotatable bonds is 1. The van der Waals surface area contributed by atoms with Crippen LogP contribution in [0.2, 0.25) is 0 Å². The van der Waals surface area contributed by atoms with Crippen LogP contribution >= 0.6 is 0 Å². The number of hydrogen-bond donors (Lipinski definition) is 2. The predicted octanol–water partition coefficient (Wildman–Crippen LogP) is 0.282. The summed E-state index contributed by atoms with van der Waals surface area (Å²) in [5.41, 5.74) is 0. The molecule has 2 N–H and O–H groups in total. The highest BCUT2D eigenvalue weighted by Gasteiger charge is 2.19. The van der Waals surface area contributed by atoms with Gasteiger partial charge in [0.2, 0.25) is 0 Å². The molecule has 1 aromatic heterocycles. The molecule has 96 valence electrons. The molecule has 0 amide bonds. The number of anilines is 1. The molecule has 2 heterocycles. The zero-order valence-electron chi connectivity index (χ0n) is 10.5. The van der Waals surface area contributed by atoms with Gasteiger partial charge in [0, 0.05) is 18.3 Å². The molecule has 0 bridgehead atoms. The van der Waals surface area contributed by atoms with Gasteiger partial charge in [0.25, 0.3) is 0 Å². The van der Waals surface area contributed by atoms with Crippen LogP contribution in [0.1, 0.15) is 25.7 Å². The first-order valence-electron chi connectivity index (χ1n) is 6.69. The molecule has 1 aliphatic heterocycles. The van der Waals surface area contributed by atoms with Crippen molar-refractivity contribution >= 4 is 18.0 Å². The average Bonchev–Trinajstić information content (AvgIpc) is 2.72. The number of hydrogen-bond acceptors (Lipinski definition) is 3. The van der Waals surface area contributed by atoms with E-state index < -0.39 is 0 Å². The van der Waals surface area contributed by atoms with Crippen molar-refractivity contribution < 1.29 is 5.11 Å². The van der Waals surface area contributed by atoms with Gasteiger partial charge in [-0.1, -0.05) is 18.2 Å². The van der Waals surface area contributed by atoms with Gasteiger partial charge in [0.1, 0.15) is 0 Å². The Bertz CT molecular complexity index is 550. The molecule has 4 nitrogen and oxygen atoms in total. The summed E-state index contributed by atoms with van der Waals surface area (Å²) in [5, 5.41) is 19.5. The highest BCUT2D eigenvalue weighted by Crippen LogP contribution is 2.13. The van der Waals surface area contributed by atoms with Crippen LogP contribution in [0.4, 0.5) is 5.82 Å². The second-order valence-corrected chi connectivity index (χ2v) is 4.97. The summed E-state index contributed by atoms with van der Waals surface area (Å²) in [6.07, 6.45) is 12.3. The largest absolute Gasteiger partial charge is 0.393 e. The number of aliphatic hydroxyl groups is 1. The van der Waals surface area contributed by atoms with Crippen molar-refractivity contribution in [2.75, 3.05) is 18.0 Å². The maximum Gasteiger partial charge on any atom is 0.158 e. The molecule has 0 unspecified atom stereocenters. The van der Waals surface area contributed by atoms with Crippen molar-refractivity contribution in [3.8, 4) is 0 Å². The first-order valence-corrected chi connectivity index (χ1v) is 6.69. The minimum Gasteiger partial charge on any atom is -0.393 e. The van der Waals surface area contributed by atoms with Crippen LogP contribution in [-0.2, 0) is 0 Å². The van der Waals surface area contributed by atoms with Gasteiger partial charge >= 0.3 is 0 Å². The molecular weight excluding hydrogens is 226 g/mol. The average molecular weight is 245 g/mol. The third kappa shape index (κ3) is 2.20. The third-order valence-corrected chi connectivity index (χ3v) is 3.66. The SMILES string of the molecule is OC1CCN(c2n[nH]c3c2=CC=CCCC=3)CC1. The standard InChI is InChI=1S/C14H19N3O/c18-11-7-9-17(10-8-11)14-12-5-3-1-2-4-6-13(12)15-16-14/h1,3,5-6,11,15,18H,2,4,7-10H2. The number of H-pyrrole nitrogens is 1. The Morgan fingerprint density at radius 3 is 2.94 bits per heavy atom. The quantitative estimate of drug-likeness (QED) is 0.747. The molecule has 0 spiro atoms. The second-order valence-electron chi connectivity index (χ2n) is 4.97. The van der Waals surface area contributed by atoms with E-state index in [1.54, 1.807) is 0 Å². The van der Waals surface area contributed by atoms with Crippen molar-refractivity contribution in [2.24, 2.45) is 0 Å². The number of aromatic nitrogens is 2. The molecular formula is C14H19N3O. The van der Waals surface area contributed by atoms with Crippen LogP contribution in [0.3, 0.4) is 0 Å². The molecule has 0 aromatic carbocycles. The highest BCUT2D eigenvalue weighted by molar-refractivity contribution is 5.51. The number of nitrogens with zero attached hydrogens (tertiary/aromatic N) is 2. The first-order chi connectivity index (χ1) is 8.84. The lowest BCUT2D eigenvalue weighted by molar-refractivity contribution is 0.145. The summed E-state index contributed by atoms with van der Waals surface area (Å²) >= 11 is 0. The summed E-state index contributed by atoms with van der Waals surface area (Å²) in [7, 11) is 0. The van der Waals surface area contributed by atoms with Crippen molar-refractivity contribution in [3.05, 3.63) is 22.7 Å². The topological polar surface area (TPSA) is 52.1 Å². The van der Waals surface area contributed by atoms with Gasteiger partial charge in [-0.05, 0) is 31.8 Å². The van der Waals surface area contributed by atoms with E-state index in [9.17, 15) is 5.11 Å². The fourth-order valence-corrected chi connectivity index (χ4v) is 2.58. The molecule has 1 aromatic rings. The van der Waals surface area contributed by atoms with Gasteiger partial charge in [-0.3, -0.25) is 5.10 Å². The summed E-state index contributed by atoms with van der Waals surface area (Å²) in [6.45, 7) is 1.77. The van der Waals surface area contributed by atoms with Gasteiger partial charge < -0.3 is 10.0 Å². The van der Waals surface area contributed by atoms with E-state index in [1.165, 1.54) is 5.22 Å². The van der Waals surface area contributed by atoms with E-state index in [2.05, 4.69) is 39.4 Å². The minimum atomic E-state index is -0.141. The predicted molar refractivity (Wildman–Crippen MR) is 72.6 cm³/mol. The van der Waals surface area contributed by atoms with Gasteiger partial charge in [0.05, 0.1) is 11.5 Å². The van der Waals surface area contributed by atoms with Gasteiger partial charge in [-0.2, -0.15) is 5.10 Å². The molecule has 1 fully saturated rings. The normalized spacial score (nSPS) is 20.6. The van der Waals surface area contributed by atoms with Crippen LogP contribution < -0.4 is 15.5 Å². The molecule has 0 atom stereocenters. The lowest BCUT2D eigenvalue weighted by atomic mass is 10.1. The van der Waals surface area contributed by atoms with E-state index in [-0.39, 0.29) is 6.10 Å². The fourth-order valence-electron chi connectivity index (χ4n) is 2.58. The summed E-state index contributed by atoms with van der Waals surface area (Å²) < 4.78 is 0. The van der Waals surface area contributed by atoms with Gasteiger partial charge in [-0.15, -0.1) is 0 Å². The molecule has 1 saturated heterocycles. The monoisotopic (exact) mass is 245 g/mol. The molecule has 2 aliphatic rings. The summed E-state index contributed by atoms with van der Waals surface area (Å²) in [4.78, 5) is 2.27. The van der Waals surface area contributed by atoms with Crippen LogP contribution in [-0.4, -0.2) is 34.5 Å². The van der Waals surface area contributed by atoms with Crippen LogP contribution in [0.5, 0.6) is 0 Å². The second kappa shape index (κ2) is 4.98. The van der Waals surface area contributed by atoms with Crippen molar-refractivity contribution in [2.45, 2.75) is 31.8 Å². The Morgan fingerprint density at radius 2 is 2.11 bits per heavy atom. The van der Waals surface area contributed by atoms with Gasteiger partial charge in [-0.25, -0.2) is 0 Å². The van der Waals surface area contributed by atoms with Crippen molar-refractivity contribution in [1.82, 2.24) is 10.2 Å². The zero-order valence-corrected chi connectivity index (χ0v) is 10.5. The van der Waals surface area contributed by atoms with E-state index >= 15 is 0 Å². The van der Waals surface area contributed by atoms with Crippen molar-refractivity contribution in [3.63, 3.8) is 0 Å². The first kappa shape index (κ1) is 11.5. The smallest absolute Gasteiger partial charge is 0.158 e. The third-order valence-electron chi connectivity index (χ3n) is 3.66. The number of aliphatic hydroxyl groups excluding tert-OH is 1. The molecule has 18 heavy (non-hydrogen) atoms. The number of fused-ring (bicyclic) bond motifs is 1. The number of nitrogens with one attached hydrogen (secondary N) is 1. The molecule has 4 heteroatoms. The van der Waals surface area contributed by atoms with Gasteiger partial charge in [0.15, 0.2) is 5.82 Å².